The molecule has 7 nitrogen and oxygen atoms in total. The zero-order chi connectivity index (χ0) is 26.7. The Morgan fingerprint density at radius 3 is 2.35 bits per heavy atom. The van der Waals surface area contributed by atoms with Crippen LogP contribution in [0.25, 0.3) is 0 Å². The third-order valence-electron chi connectivity index (χ3n) is 6.37. The zero-order valence-electron chi connectivity index (χ0n) is 21.9. The van der Waals surface area contributed by atoms with Crippen LogP contribution in [0.15, 0.2) is 42.6 Å². The van der Waals surface area contributed by atoms with Crippen molar-refractivity contribution in [3.63, 3.8) is 0 Å². The lowest BCUT2D eigenvalue weighted by molar-refractivity contribution is 0.253. The fraction of sp³-hybridized carbons (Fsp3) is 0.407. The van der Waals surface area contributed by atoms with Crippen molar-refractivity contribution < 1.29 is 13.0 Å². The van der Waals surface area contributed by atoms with Crippen molar-refractivity contribution >= 4 is 39.8 Å². The number of hydrogen-bond acceptors (Lipinski definition) is 6. The van der Waals surface area contributed by atoms with Gasteiger partial charge in [0.2, 0.25) is 5.95 Å². The Hall–Kier alpha value is -3.11. The summed E-state index contributed by atoms with van der Waals surface area (Å²) in [5, 5.41) is 6.25. The van der Waals surface area contributed by atoms with E-state index in [2.05, 4.69) is 37.3 Å². The number of benzene rings is 2. The van der Waals surface area contributed by atoms with Crippen LogP contribution in [-0.4, -0.2) is 44.0 Å². The van der Waals surface area contributed by atoms with Crippen LogP contribution < -0.4 is 15.4 Å². The number of aromatic nitrogens is 2. The highest BCUT2D eigenvalue weighted by molar-refractivity contribution is 7.87. The second kappa shape index (κ2) is 11.1. The molecule has 1 aliphatic rings. The molecule has 0 bridgehead atoms. The van der Waals surface area contributed by atoms with E-state index in [1.54, 1.807) is 18.3 Å². The summed E-state index contributed by atoms with van der Waals surface area (Å²) < 4.78 is 43.9. The van der Waals surface area contributed by atoms with Crippen LogP contribution in [0.2, 0.25) is 0 Å². The molecule has 1 fully saturated rings. The molecular weight excluding hydrogens is 494 g/mol. The largest absolute Gasteiger partial charge is 0.340 e. The van der Waals surface area contributed by atoms with Crippen LogP contribution >= 0.6 is 0 Å². The topological polar surface area (TPSA) is 82.2 Å². The first-order valence-corrected chi connectivity index (χ1v) is 13.5. The van der Waals surface area contributed by atoms with Gasteiger partial charge in [-0.25, -0.2) is 18.0 Å². The molecule has 1 aromatic heterocycles. The number of piperidine rings is 1. The third-order valence-corrected chi connectivity index (χ3v) is 7.89. The molecule has 3 N–H and O–H groups in total. The van der Waals surface area contributed by atoms with Gasteiger partial charge in [-0.2, -0.15) is 4.98 Å². The minimum atomic E-state index is -1.48. The first-order valence-electron chi connectivity index (χ1n) is 12.3. The van der Waals surface area contributed by atoms with Crippen LogP contribution in [0.4, 0.5) is 37.6 Å². The lowest BCUT2D eigenvalue weighted by Crippen LogP contribution is -2.29. The highest BCUT2D eigenvalue weighted by Crippen LogP contribution is 2.31. The summed E-state index contributed by atoms with van der Waals surface area (Å²) in [6, 6.07) is 9.60. The SMILES string of the molecule is Cc1cnc(Nc2ccc(C3CCN(C)CC3)c(F)c2)nc1Nc1ccc(F)c(NS(=O)C(C)(C)C)c1. The van der Waals surface area contributed by atoms with Crippen LogP contribution in [0.1, 0.15) is 50.7 Å². The summed E-state index contributed by atoms with van der Waals surface area (Å²) in [7, 11) is 0.611. The molecule has 1 atom stereocenters. The van der Waals surface area contributed by atoms with Crippen LogP contribution in [-0.2, 0) is 11.0 Å². The minimum absolute atomic E-state index is 0.128. The molecule has 10 heteroatoms. The second-order valence-electron chi connectivity index (χ2n) is 10.5. The monoisotopic (exact) mass is 528 g/mol. The molecule has 0 saturated carbocycles. The summed E-state index contributed by atoms with van der Waals surface area (Å²) in [5.41, 5.74) is 2.77. The molecule has 1 saturated heterocycles. The highest BCUT2D eigenvalue weighted by atomic mass is 32.2. The van der Waals surface area contributed by atoms with Gasteiger partial charge in [0.25, 0.3) is 0 Å². The van der Waals surface area contributed by atoms with Gasteiger partial charge in [0.15, 0.2) is 0 Å². The zero-order valence-corrected chi connectivity index (χ0v) is 22.7. The van der Waals surface area contributed by atoms with E-state index in [1.807, 2.05) is 39.8 Å². The molecule has 0 radical (unpaired) electrons. The maximum atomic E-state index is 14.9. The quantitative estimate of drug-likeness (QED) is 0.337. The summed E-state index contributed by atoms with van der Waals surface area (Å²) in [6.07, 6.45) is 3.55. The standard InChI is InChI=1S/C27H34F2N6OS/c1-17-16-30-26(32-19-6-8-21(23(29)14-19)18-10-12-35(5)13-11-18)33-25(17)31-20-7-9-22(28)24(15-20)34-37(36)27(2,3)4/h6-9,14-16,18,34H,10-13H2,1-5H3,(H2,30,31,32,33). The molecule has 0 spiro atoms. The third kappa shape index (κ3) is 6.81. The van der Waals surface area contributed by atoms with Crippen molar-refractivity contribution in [3.8, 4) is 0 Å². The number of likely N-dealkylation sites (tertiary alicyclic amines) is 1. The Balaban J connectivity index is 1.49. The number of anilines is 5. The van der Waals surface area contributed by atoms with Gasteiger partial charge in [-0.15, -0.1) is 0 Å². The van der Waals surface area contributed by atoms with E-state index in [0.29, 0.717) is 23.1 Å². The Morgan fingerprint density at radius 2 is 1.68 bits per heavy atom. The maximum absolute atomic E-state index is 14.9. The lowest BCUT2D eigenvalue weighted by atomic mass is 9.89. The normalized spacial score (nSPS) is 15.9. The van der Waals surface area contributed by atoms with Crippen LogP contribution in [0.3, 0.4) is 0 Å². The van der Waals surface area contributed by atoms with Gasteiger partial charge in [-0.3, -0.25) is 0 Å². The molecule has 2 heterocycles. The molecule has 1 aliphatic heterocycles. The molecule has 198 valence electrons. The van der Waals surface area contributed by atoms with Gasteiger partial charge in [0, 0.05) is 23.1 Å². The van der Waals surface area contributed by atoms with Gasteiger partial charge >= 0.3 is 0 Å². The fourth-order valence-corrected chi connectivity index (χ4v) is 4.75. The van der Waals surface area contributed by atoms with E-state index in [1.165, 1.54) is 12.1 Å². The summed E-state index contributed by atoms with van der Waals surface area (Å²) >= 11 is 0. The molecule has 0 amide bonds. The van der Waals surface area contributed by atoms with E-state index in [9.17, 15) is 13.0 Å². The van der Waals surface area contributed by atoms with Crippen molar-refractivity contribution in [1.29, 1.82) is 0 Å². The van der Waals surface area contributed by atoms with Crippen molar-refractivity contribution in [2.45, 2.75) is 51.2 Å². The van der Waals surface area contributed by atoms with Gasteiger partial charge in [0.1, 0.15) is 28.4 Å². The number of nitrogens with one attached hydrogen (secondary N) is 3. The smallest absolute Gasteiger partial charge is 0.229 e. The van der Waals surface area contributed by atoms with Gasteiger partial charge in [0.05, 0.1) is 10.4 Å². The van der Waals surface area contributed by atoms with Crippen molar-refractivity contribution in [2.75, 3.05) is 35.5 Å². The van der Waals surface area contributed by atoms with E-state index >= 15 is 0 Å². The number of hydrogen-bond donors (Lipinski definition) is 3. The van der Waals surface area contributed by atoms with Crippen molar-refractivity contribution in [3.05, 3.63) is 65.4 Å². The molecular formula is C27H34F2N6OS. The highest BCUT2D eigenvalue weighted by Gasteiger charge is 2.22. The molecule has 4 rings (SSSR count). The molecule has 0 aliphatic carbocycles. The summed E-state index contributed by atoms with van der Waals surface area (Å²) in [4.78, 5) is 11.1. The predicted octanol–water partition coefficient (Wildman–Crippen LogP) is 6.23. The van der Waals surface area contributed by atoms with Gasteiger partial charge < -0.3 is 20.3 Å². The molecule has 3 aromatic rings. The maximum Gasteiger partial charge on any atom is 0.229 e. The average molecular weight is 529 g/mol. The summed E-state index contributed by atoms with van der Waals surface area (Å²) in [6.45, 7) is 9.21. The molecule has 2 aromatic carbocycles. The van der Waals surface area contributed by atoms with Crippen molar-refractivity contribution in [2.24, 2.45) is 0 Å². The van der Waals surface area contributed by atoms with E-state index in [4.69, 9.17) is 0 Å². The van der Waals surface area contributed by atoms with Crippen molar-refractivity contribution in [1.82, 2.24) is 14.9 Å². The molecule has 1 unspecified atom stereocenters. The number of halogens is 2. The fourth-order valence-electron chi connectivity index (χ4n) is 4.08. The Kier molecular flexibility index (Phi) is 8.08. The van der Waals surface area contributed by atoms with Crippen LogP contribution in [0.5, 0.6) is 0 Å². The Morgan fingerprint density at radius 1 is 1.00 bits per heavy atom. The van der Waals surface area contributed by atoms with Gasteiger partial charge in [-0.1, -0.05) is 6.07 Å². The Labute approximate surface area is 219 Å². The number of aryl methyl sites for hydroxylation is 1. The number of nitrogens with zero attached hydrogens (tertiary/aromatic N) is 3. The van der Waals surface area contributed by atoms with Gasteiger partial charge in [-0.05, 0) is 102 Å². The van der Waals surface area contributed by atoms with Crippen LogP contribution in [0, 0.1) is 18.6 Å². The Bertz CT molecular complexity index is 1290. The first kappa shape index (κ1) is 26.9. The predicted molar refractivity (Wildman–Crippen MR) is 147 cm³/mol. The van der Waals surface area contributed by atoms with E-state index in [0.717, 1.165) is 37.1 Å². The minimum Gasteiger partial charge on any atom is -0.340 e. The second-order valence-corrected chi connectivity index (χ2v) is 12.4. The van der Waals surface area contributed by atoms with E-state index in [-0.39, 0.29) is 17.4 Å². The average Bonchev–Trinajstić information content (AvgIpc) is 2.83. The first-order chi connectivity index (χ1) is 17.5. The summed E-state index contributed by atoms with van der Waals surface area (Å²) in [5.74, 6) is 0.302. The number of rotatable bonds is 7. The molecule has 37 heavy (non-hydrogen) atoms. The van der Waals surface area contributed by atoms with E-state index < -0.39 is 21.5 Å². The lowest BCUT2D eigenvalue weighted by Gasteiger charge is -2.29.